The fourth-order valence-corrected chi connectivity index (χ4v) is 2.02. The van der Waals surface area contributed by atoms with Crippen molar-refractivity contribution in [2.75, 3.05) is 11.9 Å². The second-order valence-corrected chi connectivity index (χ2v) is 4.48. The first-order chi connectivity index (χ1) is 9.63. The normalized spacial score (nSPS) is 10.3. The molecule has 0 aliphatic rings. The van der Waals surface area contributed by atoms with Gasteiger partial charge in [0, 0.05) is 12.1 Å². The topological polar surface area (TPSA) is 41.5 Å². The zero-order valence-electron chi connectivity index (χ0n) is 11.6. The highest BCUT2D eigenvalue weighted by Crippen LogP contribution is 2.30. The molecule has 2 aromatic carbocycles. The van der Waals surface area contributed by atoms with Gasteiger partial charge in [0.2, 0.25) is 0 Å². The number of phenols is 1. The zero-order chi connectivity index (χ0) is 14.5. The lowest BCUT2D eigenvalue weighted by Gasteiger charge is -2.13. The molecule has 106 valence electrons. The number of aryl methyl sites for hydroxylation is 1. The molecule has 2 N–H and O–H groups in total. The van der Waals surface area contributed by atoms with Gasteiger partial charge in [0.25, 0.3) is 0 Å². The first kappa shape index (κ1) is 14.2. The van der Waals surface area contributed by atoms with Crippen LogP contribution in [0.1, 0.15) is 18.1 Å². The predicted molar refractivity (Wildman–Crippen MR) is 77.7 cm³/mol. The number of halogens is 1. The average molecular weight is 275 g/mol. The van der Waals surface area contributed by atoms with Gasteiger partial charge in [-0.1, -0.05) is 24.3 Å². The van der Waals surface area contributed by atoms with Gasteiger partial charge in [-0.15, -0.1) is 0 Å². The third-order valence-corrected chi connectivity index (χ3v) is 3.06. The number of hydrogen-bond donors (Lipinski definition) is 2. The monoisotopic (exact) mass is 275 g/mol. The van der Waals surface area contributed by atoms with E-state index in [-0.39, 0.29) is 11.6 Å². The highest BCUT2D eigenvalue weighted by molar-refractivity contribution is 5.53. The van der Waals surface area contributed by atoms with E-state index in [0.717, 1.165) is 5.56 Å². The van der Waals surface area contributed by atoms with Gasteiger partial charge in [-0.2, -0.15) is 0 Å². The van der Waals surface area contributed by atoms with Crippen molar-refractivity contribution in [1.29, 1.82) is 0 Å². The van der Waals surface area contributed by atoms with E-state index < -0.39 is 0 Å². The summed E-state index contributed by atoms with van der Waals surface area (Å²) in [6, 6.07) is 10.2. The van der Waals surface area contributed by atoms with Crippen molar-refractivity contribution in [3.05, 3.63) is 53.3 Å². The van der Waals surface area contributed by atoms with Crippen LogP contribution in [-0.2, 0) is 6.54 Å². The number of phenolic OH excluding ortho intramolecular Hbond substituents is 1. The Kier molecular flexibility index (Phi) is 4.45. The lowest BCUT2D eigenvalue weighted by Crippen LogP contribution is -2.04. The van der Waals surface area contributed by atoms with Gasteiger partial charge in [0.15, 0.2) is 11.5 Å². The first-order valence-corrected chi connectivity index (χ1v) is 6.56. The van der Waals surface area contributed by atoms with Crippen LogP contribution in [0, 0.1) is 12.7 Å². The minimum absolute atomic E-state index is 0.0934. The molecule has 0 aliphatic heterocycles. The molecule has 0 atom stereocenters. The van der Waals surface area contributed by atoms with E-state index in [1.54, 1.807) is 24.3 Å². The predicted octanol–water partition coefficient (Wildman–Crippen LogP) is 3.85. The van der Waals surface area contributed by atoms with Crippen LogP contribution >= 0.6 is 0 Å². The molecule has 0 radical (unpaired) electrons. The van der Waals surface area contributed by atoms with Gasteiger partial charge < -0.3 is 15.2 Å². The van der Waals surface area contributed by atoms with E-state index in [0.29, 0.717) is 30.2 Å². The maximum absolute atomic E-state index is 13.7. The molecule has 0 heterocycles. The van der Waals surface area contributed by atoms with Gasteiger partial charge in [0.05, 0.1) is 12.3 Å². The molecule has 2 aromatic rings. The first-order valence-electron chi connectivity index (χ1n) is 6.56. The van der Waals surface area contributed by atoms with Crippen LogP contribution in [0.4, 0.5) is 10.1 Å². The number of rotatable bonds is 5. The number of ether oxygens (including phenoxy) is 1. The summed E-state index contributed by atoms with van der Waals surface area (Å²) in [6.07, 6.45) is 0. The Morgan fingerprint density at radius 1 is 1.20 bits per heavy atom. The lowest BCUT2D eigenvalue weighted by molar-refractivity contribution is 0.317. The Morgan fingerprint density at radius 2 is 1.95 bits per heavy atom. The number of aromatic hydroxyl groups is 1. The Hall–Kier alpha value is -2.23. The van der Waals surface area contributed by atoms with Crippen molar-refractivity contribution in [3.63, 3.8) is 0 Å². The third-order valence-electron chi connectivity index (χ3n) is 3.06. The molecule has 0 saturated carbocycles. The minimum Gasteiger partial charge on any atom is -0.504 e. The number of anilines is 1. The Labute approximate surface area is 118 Å². The Balaban J connectivity index is 2.17. The van der Waals surface area contributed by atoms with Crippen LogP contribution in [0.2, 0.25) is 0 Å². The number of hydrogen-bond acceptors (Lipinski definition) is 3. The van der Waals surface area contributed by atoms with E-state index in [1.807, 2.05) is 19.9 Å². The van der Waals surface area contributed by atoms with E-state index in [1.165, 1.54) is 6.07 Å². The van der Waals surface area contributed by atoms with Gasteiger partial charge in [-0.3, -0.25) is 0 Å². The van der Waals surface area contributed by atoms with Crippen LogP contribution in [0.15, 0.2) is 36.4 Å². The maximum atomic E-state index is 13.7. The van der Waals surface area contributed by atoms with Gasteiger partial charge in [0.1, 0.15) is 5.82 Å². The van der Waals surface area contributed by atoms with E-state index in [4.69, 9.17) is 4.74 Å². The average Bonchev–Trinajstić information content (AvgIpc) is 2.42. The zero-order valence-corrected chi connectivity index (χ0v) is 11.6. The smallest absolute Gasteiger partial charge is 0.162 e. The van der Waals surface area contributed by atoms with Crippen molar-refractivity contribution in [2.45, 2.75) is 20.4 Å². The van der Waals surface area contributed by atoms with Crippen LogP contribution < -0.4 is 10.1 Å². The molecule has 0 aromatic heterocycles. The number of para-hydroxylation sites is 2. The van der Waals surface area contributed by atoms with Crippen LogP contribution in [0.5, 0.6) is 11.5 Å². The molecule has 0 amide bonds. The molecule has 20 heavy (non-hydrogen) atoms. The van der Waals surface area contributed by atoms with Crippen molar-refractivity contribution >= 4 is 5.69 Å². The van der Waals surface area contributed by atoms with Crippen molar-refractivity contribution in [3.8, 4) is 11.5 Å². The third kappa shape index (κ3) is 3.02. The quantitative estimate of drug-likeness (QED) is 0.871. The van der Waals surface area contributed by atoms with Crippen molar-refractivity contribution < 1.29 is 14.2 Å². The summed E-state index contributed by atoms with van der Waals surface area (Å²) in [7, 11) is 0. The summed E-state index contributed by atoms with van der Waals surface area (Å²) >= 11 is 0. The maximum Gasteiger partial charge on any atom is 0.162 e. The highest BCUT2D eigenvalue weighted by atomic mass is 19.1. The van der Waals surface area contributed by atoms with Crippen LogP contribution in [0.25, 0.3) is 0 Å². The lowest BCUT2D eigenvalue weighted by atomic mass is 10.1. The molecular formula is C16H18FNO2. The van der Waals surface area contributed by atoms with E-state index >= 15 is 0 Å². The Bertz CT molecular complexity index is 579. The summed E-state index contributed by atoms with van der Waals surface area (Å²) in [5, 5.41) is 13.1. The van der Waals surface area contributed by atoms with Gasteiger partial charge in [-0.05, 0) is 31.5 Å². The molecule has 0 spiro atoms. The second kappa shape index (κ2) is 6.28. The molecule has 3 nitrogen and oxygen atoms in total. The molecule has 0 bridgehead atoms. The van der Waals surface area contributed by atoms with Gasteiger partial charge >= 0.3 is 0 Å². The molecule has 0 fully saturated rings. The summed E-state index contributed by atoms with van der Waals surface area (Å²) in [6.45, 7) is 4.50. The summed E-state index contributed by atoms with van der Waals surface area (Å²) in [5.74, 6) is 0.235. The second-order valence-electron chi connectivity index (χ2n) is 4.48. The summed E-state index contributed by atoms with van der Waals surface area (Å²) in [5.41, 5.74) is 1.94. The van der Waals surface area contributed by atoms with E-state index in [9.17, 15) is 9.50 Å². The molecule has 0 saturated heterocycles. The fraction of sp³-hybridized carbons (Fsp3) is 0.250. The Morgan fingerprint density at radius 3 is 2.65 bits per heavy atom. The summed E-state index contributed by atoms with van der Waals surface area (Å²) < 4.78 is 19.0. The standard InChI is InChI=1S/C16H18FNO2/c1-3-20-14-9-5-7-12(16(14)19)10-18-15-11(2)6-4-8-13(15)17/h4-9,18-19H,3,10H2,1-2H3. The highest BCUT2D eigenvalue weighted by Gasteiger charge is 2.09. The molecule has 4 heteroatoms. The number of nitrogens with one attached hydrogen (secondary N) is 1. The van der Waals surface area contributed by atoms with E-state index in [2.05, 4.69) is 5.32 Å². The molecule has 2 rings (SSSR count). The van der Waals surface area contributed by atoms with Crippen molar-refractivity contribution in [1.82, 2.24) is 0 Å². The van der Waals surface area contributed by atoms with Gasteiger partial charge in [-0.25, -0.2) is 4.39 Å². The van der Waals surface area contributed by atoms with Crippen LogP contribution in [-0.4, -0.2) is 11.7 Å². The molecule has 0 aliphatic carbocycles. The minimum atomic E-state index is -0.301. The number of benzene rings is 2. The largest absolute Gasteiger partial charge is 0.504 e. The SMILES string of the molecule is CCOc1cccc(CNc2c(C)cccc2F)c1O. The summed E-state index contributed by atoms with van der Waals surface area (Å²) in [4.78, 5) is 0. The molecular weight excluding hydrogens is 257 g/mol. The van der Waals surface area contributed by atoms with Crippen molar-refractivity contribution in [2.24, 2.45) is 0 Å². The molecule has 0 unspecified atom stereocenters. The fourth-order valence-electron chi connectivity index (χ4n) is 2.02. The van der Waals surface area contributed by atoms with Crippen LogP contribution in [0.3, 0.4) is 0 Å².